The Morgan fingerprint density at radius 2 is 2.25 bits per heavy atom. The van der Waals surface area contributed by atoms with E-state index in [1.807, 2.05) is 18.3 Å². The van der Waals surface area contributed by atoms with Crippen LogP contribution in [0, 0.1) is 5.92 Å². The van der Waals surface area contributed by atoms with Crippen LogP contribution in [0.3, 0.4) is 0 Å². The van der Waals surface area contributed by atoms with Gasteiger partial charge < -0.3 is 4.42 Å². The van der Waals surface area contributed by atoms with Crippen LogP contribution < -0.4 is 0 Å². The van der Waals surface area contributed by atoms with E-state index in [0.717, 1.165) is 23.3 Å². The van der Waals surface area contributed by atoms with Crippen molar-refractivity contribution in [3.8, 4) is 11.3 Å². The van der Waals surface area contributed by atoms with E-state index in [-0.39, 0.29) is 0 Å². The second-order valence-electron chi connectivity index (χ2n) is 6.17. The van der Waals surface area contributed by atoms with Gasteiger partial charge in [-0.25, -0.2) is 0 Å². The number of furan rings is 1. The largest absolute Gasteiger partial charge is 0.464 e. The van der Waals surface area contributed by atoms with Crippen molar-refractivity contribution in [2.75, 3.05) is 13.1 Å². The van der Waals surface area contributed by atoms with Crippen LogP contribution >= 0.6 is 0 Å². The average molecular weight is 268 g/mol. The Hall–Kier alpha value is -1.61. The van der Waals surface area contributed by atoms with Gasteiger partial charge in [0, 0.05) is 36.0 Å². The molecule has 4 atom stereocenters. The van der Waals surface area contributed by atoms with Crippen molar-refractivity contribution in [3.05, 3.63) is 42.4 Å². The van der Waals surface area contributed by atoms with Crippen LogP contribution in [0.1, 0.15) is 31.4 Å². The Morgan fingerprint density at radius 1 is 1.30 bits per heavy atom. The maximum absolute atomic E-state index is 5.41. The summed E-state index contributed by atoms with van der Waals surface area (Å²) >= 11 is 0. The monoisotopic (exact) mass is 268 g/mol. The molecule has 104 valence electrons. The molecule has 4 unspecified atom stereocenters. The third-order valence-corrected chi connectivity index (χ3v) is 5.10. The molecular weight excluding hydrogens is 248 g/mol. The maximum atomic E-state index is 5.41. The second kappa shape index (κ2) is 4.74. The molecule has 2 aromatic heterocycles. The molecule has 0 radical (unpaired) electrons. The zero-order chi connectivity index (χ0) is 13.5. The number of aromatic nitrogens is 1. The van der Waals surface area contributed by atoms with E-state index in [1.54, 1.807) is 6.26 Å². The van der Waals surface area contributed by atoms with Gasteiger partial charge >= 0.3 is 0 Å². The standard InChI is InChI=1S/C17H20N2O/c1-12-13-6-7-19(12)11-15(9-13)16-5-4-14(10-18-16)17-3-2-8-20-17/h2-5,8,10,12-13,15H,6-7,9,11H2,1H3. The van der Waals surface area contributed by atoms with Crippen LogP contribution in [-0.4, -0.2) is 29.0 Å². The molecule has 2 aliphatic rings. The molecule has 0 spiro atoms. The average Bonchev–Trinajstić information content (AvgIpc) is 3.06. The topological polar surface area (TPSA) is 29.3 Å². The van der Waals surface area contributed by atoms with E-state index >= 15 is 0 Å². The Kier molecular flexibility index (Phi) is 2.88. The van der Waals surface area contributed by atoms with Gasteiger partial charge in [0.2, 0.25) is 0 Å². The Labute approximate surface area is 119 Å². The van der Waals surface area contributed by atoms with Crippen molar-refractivity contribution in [2.45, 2.75) is 31.7 Å². The van der Waals surface area contributed by atoms with Gasteiger partial charge in [-0.15, -0.1) is 0 Å². The summed E-state index contributed by atoms with van der Waals surface area (Å²) in [6.07, 6.45) is 6.31. The number of pyridine rings is 1. The maximum Gasteiger partial charge on any atom is 0.135 e. The SMILES string of the molecule is CC1C2CCN1CC(c1ccc(-c3ccco3)cn1)C2. The molecule has 0 aromatic carbocycles. The van der Waals surface area contributed by atoms with Gasteiger partial charge in [-0.3, -0.25) is 9.88 Å². The van der Waals surface area contributed by atoms with Crippen molar-refractivity contribution >= 4 is 0 Å². The van der Waals surface area contributed by atoms with E-state index in [0.29, 0.717) is 5.92 Å². The predicted octanol–water partition coefficient (Wildman–Crippen LogP) is 3.54. The number of hydrogen-bond acceptors (Lipinski definition) is 3. The highest BCUT2D eigenvalue weighted by Gasteiger charge is 2.38. The fourth-order valence-electron chi connectivity index (χ4n) is 3.82. The fraction of sp³-hybridized carbons (Fsp3) is 0.471. The van der Waals surface area contributed by atoms with Gasteiger partial charge in [-0.2, -0.15) is 0 Å². The molecule has 20 heavy (non-hydrogen) atoms. The summed E-state index contributed by atoms with van der Waals surface area (Å²) in [5.74, 6) is 2.36. The number of piperidine rings is 1. The molecule has 2 fully saturated rings. The van der Waals surface area contributed by atoms with Gasteiger partial charge in [0.1, 0.15) is 5.76 Å². The highest BCUT2D eigenvalue weighted by Crippen LogP contribution is 2.39. The smallest absolute Gasteiger partial charge is 0.135 e. The van der Waals surface area contributed by atoms with Crippen molar-refractivity contribution in [1.29, 1.82) is 0 Å². The molecule has 0 N–H and O–H groups in total. The Morgan fingerprint density at radius 3 is 2.95 bits per heavy atom. The van der Waals surface area contributed by atoms with Gasteiger partial charge in [-0.1, -0.05) is 0 Å². The van der Waals surface area contributed by atoms with E-state index < -0.39 is 0 Å². The van der Waals surface area contributed by atoms with Crippen LogP contribution in [-0.2, 0) is 0 Å². The first-order valence-corrected chi connectivity index (χ1v) is 7.55. The highest BCUT2D eigenvalue weighted by molar-refractivity contribution is 5.55. The lowest BCUT2D eigenvalue weighted by Gasteiger charge is -2.35. The zero-order valence-corrected chi connectivity index (χ0v) is 11.8. The molecule has 0 saturated carbocycles. The number of nitrogens with zero attached hydrogens (tertiary/aromatic N) is 2. The summed E-state index contributed by atoms with van der Waals surface area (Å²) in [5.41, 5.74) is 2.30. The van der Waals surface area contributed by atoms with E-state index in [9.17, 15) is 0 Å². The van der Waals surface area contributed by atoms with E-state index in [2.05, 4.69) is 24.0 Å². The summed E-state index contributed by atoms with van der Waals surface area (Å²) < 4.78 is 5.41. The van der Waals surface area contributed by atoms with Crippen molar-refractivity contribution < 1.29 is 4.42 Å². The molecule has 2 aliphatic heterocycles. The molecular formula is C17H20N2O. The van der Waals surface area contributed by atoms with Crippen molar-refractivity contribution in [2.24, 2.45) is 5.92 Å². The first-order chi connectivity index (χ1) is 9.81. The van der Waals surface area contributed by atoms with Crippen LogP contribution in [0.15, 0.2) is 41.1 Å². The normalized spacial score (nSPS) is 32.5. The number of fused-ring (bicyclic) bond motifs is 2. The molecule has 4 rings (SSSR count). The van der Waals surface area contributed by atoms with Gasteiger partial charge in [-0.05, 0) is 56.5 Å². The van der Waals surface area contributed by atoms with Crippen LogP contribution in [0.4, 0.5) is 0 Å². The summed E-state index contributed by atoms with van der Waals surface area (Å²) in [6.45, 7) is 4.82. The van der Waals surface area contributed by atoms with Crippen LogP contribution in [0.5, 0.6) is 0 Å². The zero-order valence-electron chi connectivity index (χ0n) is 11.8. The first kappa shape index (κ1) is 12.2. The Bertz CT molecular complexity index is 562. The second-order valence-corrected chi connectivity index (χ2v) is 6.17. The van der Waals surface area contributed by atoms with Gasteiger partial charge in [0.15, 0.2) is 0 Å². The molecule has 0 aliphatic carbocycles. The van der Waals surface area contributed by atoms with E-state index in [4.69, 9.17) is 9.40 Å². The fourth-order valence-corrected chi connectivity index (χ4v) is 3.82. The minimum atomic E-state index is 0.601. The predicted molar refractivity (Wildman–Crippen MR) is 78.4 cm³/mol. The van der Waals surface area contributed by atoms with Crippen LogP contribution in [0.25, 0.3) is 11.3 Å². The van der Waals surface area contributed by atoms with Crippen molar-refractivity contribution in [3.63, 3.8) is 0 Å². The number of hydrogen-bond donors (Lipinski definition) is 0. The first-order valence-electron chi connectivity index (χ1n) is 7.55. The van der Waals surface area contributed by atoms with Gasteiger partial charge in [0.05, 0.1) is 6.26 Å². The van der Waals surface area contributed by atoms with Gasteiger partial charge in [0.25, 0.3) is 0 Å². The molecule has 2 aromatic rings. The lowest BCUT2D eigenvalue weighted by molar-refractivity contribution is 0.169. The summed E-state index contributed by atoms with van der Waals surface area (Å²) in [7, 11) is 0. The summed E-state index contributed by atoms with van der Waals surface area (Å²) in [6, 6.07) is 8.98. The van der Waals surface area contributed by atoms with E-state index in [1.165, 1.54) is 31.6 Å². The minimum Gasteiger partial charge on any atom is -0.464 e. The van der Waals surface area contributed by atoms with Crippen molar-refractivity contribution in [1.82, 2.24) is 9.88 Å². The quantitative estimate of drug-likeness (QED) is 0.834. The van der Waals surface area contributed by atoms with Crippen LogP contribution in [0.2, 0.25) is 0 Å². The Balaban J connectivity index is 1.55. The molecule has 0 amide bonds. The molecule has 3 heteroatoms. The molecule has 3 nitrogen and oxygen atoms in total. The summed E-state index contributed by atoms with van der Waals surface area (Å²) in [4.78, 5) is 7.32. The molecule has 2 bridgehead atoms. The number of rotatable bonds is 2. The highest BCUT2D eigenvalue weighted by atomic mass is 16.3. The summed E-state index contributed by atoms with van der Waals surface area (Å²) in [5, 5.41) is 0. The third kappa shape index (κ3) is 1.97. The molecule has 2 saturated heterocycles. The lowest BCUT2D eigenvalue weighted by atomic mass is 9.84. The minimum absolute atomic E-state index is 0.601. The lowest BCUT2D eigenvalue weighted by Crippen LogP contribution is -2.39. The molecule has 4 heterocycles. The third-order valence-electron chi connectivity index (χ3n) is 5.10.